The normalized spacial score (nSPS) is 9.55. The molecule has 0 spiro atoms. The minimum absolute atomic E-state index is 0.970. The quantitative estimate of drug-likeness (QED) is 0.0410. The topological polar surface area (TPSA) is 169 Å². The molecule has 0 aliphatic carbocycles. The Balaban J connectivity index is -0.000000656. The molecule has 2 aromatic rings. The molecule has 0 saturated heterocycles. The van der Waals surface area contributed by atoms with Crippen molar-refractivity contribution < 1.29 is 43.1 Å². The van der Waals surface area contributed by atoms with E-state index in [0.717, 1.165) is 27.9 Å². The van der Waals surface area contributed by atoms with Crippen molar-refractivity contribution in [3.8, 4) is 6.07 Å². The average Bonchev–Trinajstić information content (AvgIpc) is 3.84. The van der Waals surface area contributed by atoms with Gasteiger partial charge in [-0.1, -0.05) is 123 Å². The van der Waals surface area contributed by atoms with E-state index in [1.165, 1.54) is 142 Å². The third-order valence-electron chi connectivity index (χ3n) is 7.81. The van der Waals surface area contributed by atoms with E-state index in [9.17, 15) is 24.3 Å². The van der Waals surface area contributed by atoms with Crippen LogP contribution in [0.3, 0.4) is 0 Å². The number of aromatic nitrogens is 4. The second kappa shape index (κ2) is 42.2. The molecule has 0 aliphatic heterocycles. The van der Waals surface area contributed by atoms with E-state index < -0.39 is 23.9 Å². The Bertz CT molecular complexity index is 1150. The summed E-state index contributed by atoms with van der Waals surface area (Å²) in [6.07, 6.45) is 40.4. The number of hydrogen-bond acceptors (Lipinski definition) is 10. The van der Waals surface area contributed by atoms with Crippen LogP contribution in [0.1, 0.15) is 149 Å². The molecular formula is C40H71N5O8. The number of nitrogens with zero attached hydrogens (tertiary/aromatic N) is 5. The summed E-state index contributed by atoms with van der Waals surface area (Å²) >= 11 is 0. The minimum Gasteiger partial charge on any atom is -0.539 e. The second-order valence-electron chi connectivity index (χ2n) is 12.5. The van der Waals surface area contributed by atoms with Gasteiger partial charge in [0.1, 0.15) is 12.4 Å². The van der Waals surface area contributed by atoms with Crippen molar-refractivity contribution in [1.29, 1.82) is 5.26 Å². The zero-order valence-electron chi connectivity index (χ0n) is 34.0. The molecule has 0 unspecified atom stereocenters. The van der Waals surface area contributed by atoms with Gasteiger partial charge in [0.05, 0.1) is 47.3 Å². The number of nitriles is 1. The number of ether oxygens (including phenoxy) is 3. The molecule has 13 nitrogen and oxygen atoms in total. The van der Waals surface area contributed by atoms with Gasteiger partial charge >= 0.3 is 17.9 Å². The molecule has 53 heavy (non-hydrogen) atoms. The predicted molar refractivity (Wildman–Crippen MR) is 204 cm³/mol. The smallest absolute Gasteiger partial charge is 0.417 e. The molecule has 0 atom stereocenters. The van der Waals surface area contributed by atoms with Crippen LogP contribution in [0.2, 0.25) is 0 Å². The lowest BCUT2D eigenvalue weighted by molar-refractivity contribution is -0.671. The first kappa shape index (κ1) is 53.1. The highest BCUT2D eigenvalue weighted by molar-refractivity contribution is 6.29. The summed E-state index contributed by atoms with van der Waals surface area (Å²) in [6, 6.07) is 1.75. The Morgan fingerprint density at radius 3 is 1.26 bits per heavy atom. The van der Waals surface area contributed by atoms with Gasteiger partial charge in [0.15, 0.2) is 5.97 Å². The minimum atomic E-state index is -1.82. The first-order chi connectivity index (χ1) is 25.6. The summed E-state index contributed by atoms with van der Waals surface area (Å²) in [6.45, 7) is 8.30. The van der Waals surface area contributed by atoms with E-state index in [-0.39, 0.29) is 0 Å². The summed E-state index contributed by atoms with van der Waals surface area (Å²) in [7, 11) is 5.27. The molecule has 0 radical (unpaired) electrons. The summed E-state index contributed by atoms with van der Waals surface area (Å²) < 4.78 is 18.3. The van der Waals surface area contributed by atoms with Crippen LogP contribution in [0.25, 0.3) is 0 Å². The monoisotopic (exact) mass is 750 g/mol. The van der Waals surface area contributed by atoms with Gasteiger partial charge in [-0.15, -0.1) is 0 Å². The number of carbonyl (C=O) groups excluding carboxylic acids is 4. The van der Waals surface area contributed by atoms with Crippen LogP contribution in [0.15, 0.2) is 37.4 Å². The van der Waals surface area contributed by atoms with E-state index in [1.807, 2.05) is 18.7 Å². The SMILES string of the molecule is CC#N.CCCCCCCCCCCCn1cc[n+](C)c1.CCCCCCCCCCCCn1ccnc1.COC(=O)C(=O)OC.COC(=O)C(=O)[O-]. The lowest BCUT2D eigenvalue weighted by Gasteiger charge is -2.03. The number of carboxylic acids is 1. The van der Waals surface area contributed by atoms with Crippen molar-refractivity contribution in [2.24, 2.45) is 7.05 Å². The maximum absolute atomic E-state index is 10.0. The predicted octanol–water partition coefficient (Wildman–Crippen LogP) is 6.81. The van der Waals surface area contributed by atoms with Crippen LogP contribution in [0, 0.1) is 11.3 Å². The van der Waals surface area contributed by atoms with Gasteiger partial charge in [0.25, 0.3) is 0 Å². The van der Waals surface area contributed by atoms with E-state index in [1.54, 1.807) is 6.07 Å². The van der Waals surface area contributed by atoms with Crippen molar-refractivity contribution in [3.63, 3.8) is 0 Å². The highest BCUT2D eigenvalue weighted by atomic mass is 16.6. The second-order valence-corrected chi connectivity index (χ2v) is 12.5. The van der Waals surface area contributed by atoms with Crippen molar-refractivity contribution in [2.75, 3.05) is 21.3 Å². The van der Waals surface area contributed by atoms with Crippen LogP contribution >= 0.6 is 0 Å². The highest BCUT2D eigenvalue weighted by Gasteiger charge is 2.12. The molecular weight excluding hydrogens is 678 g/mol. The molecule has 0 saturated carbocycles. The van der Waals surface area contributed by atoms with Crippen LogP contribution in [0.5, 0.6) is 0 Å². The third kappa shape index (κ3) is 40.4. The molecule has 0 fully saturated rings. The number of carboxylic acid groups (broad SMARTS) is 1. The van der Waals surface area contributed by atoms with Crippen LogP contribution in [0.4, 0.5) is 0 Å². The Kier molecular flexibility index (Phi) is 42.3. The fourth-order valence-electron chi connectivity index (χ4n) is 4.87. The molecule has 2 aromatic heterocycles. The molecule has 2 rings (SSSR count). The number of unbranched alkanes of at least 4 members (excludes halogenated alkanes) is 18. The molecule has 0 aliphatic rings. The molecule has 2 heterocycles. The van der Waals surface area contributed by atoms with Gasteiger partial charge in [-0.3, -0.25) is 0 Å². The highest BCUT2D eigenvalue weighted by Crippen LogP contribution is 2.12. The van der Waals surface area contributed by atoms with Gasteiger partial charge in [-0.05, 0) is 19.3 Å². The van der Waals surface area contributed by atoms with Gasteiger partial charge in [0.2, 0.25) is 6.33 Å². The Morgan fingerprint density at radius 1 is 0.642 bits per heavy atom. The fraction of sp³-hybridized carbons (Fsp3) is 0.725. The summed E-state index contributed by atoms with van der Waals surface area (Å²) in [4.78, 5) is 43.1. The van der Waals surface area contributed by atoms with Gasteiger partial charge in [0, 0.05) is 25.9 Å². The number of methoxy groups -OCH3 is 3. The number of aryl methyl sites for hydroxylation is 3. The van der Waals surface area contributed by atoms with Gasteiger partial charge < -0.3 is 28.7 Å². The van der Waals surface area contributed by atoms with Gasteiger partial charge in [-0.2, -0.15) is 5.26 Å². The largest absolute Gasteiger partial charge is 0.539 e. The standard InChI is InChI=1S/C16H31N2.C15H28N2.C4H6O4.C3H4O4.C2H3N/c1-3-4-5-6-7-8-9-10-11-12-13-18-15-14-17(2)16-18;1-2-3-4-5-6-7-8-9-10-11-13-17-14-12-16-15-17;1-7-3(5)4(6)8-2;1-7-3(6)2(4)5;1-2-3/h14-16H,3-13H2,1-2H3;12,14-15H,2-11,13H2,1H3;1-2H3;1H3,(H,4,5);1H3/q+1;;;;/p-1. The molecule has 0 bridgehead atoms. The summed E-state index contributed by atoms with van der Waals surface area (Å²) in [5, 5.41) is 16.7. The number of imidazole rings is 2. The number of hydrogen-bond donors (Lipinski definition) is 0. The van der Waals surface area contributed by atoms with Crippen LogP contribution < -0.4 is 9.67 Å². The first-order valence-electron chi connectivity index (χ1n) is 19.3. The fourth-order valence-corrected chi connectivity index (χ4v) is 4.87. The van der Waals surface area contributed by atoms with Crippen LogP contribution in [-0.2, 0) is 53.5 Å². The first-order valence-corrected chi connectivity index (χ1v) is 19.3. The number of rotatable bonds is 22. The van der Waals surface area contributed by atoms with Crippen molar-refractivity contribution in [2.45, 2.75) is 162 Å². The Morgan fingerprint density at radius 2 is 1.00 bits per heavy atom. The number of esters is 3. The van der Waals surface area contributed by atoms with Crippen molar-refractivity contribution in [1.82, 2.24) is 14.1 Å². The number of carbonyl (C=O) groups is 4. The van der Waals surface area contributed by atoms with Gasteiger partial charge in [-0.25, -0.2) is 28.5 Å². The van der Waals surface area contributed by atoms with E-state index in [4.69, 9.17) is 5.26 Å². The lowest BCUT2D eigenvalue weighted by Crippen LogP contribution is -2.32. The Hall–Kier alpha value is -4.21. The molecule has 304 valence electrons. The molecule has 13 heteroatoms. The Labute approximate surface area is 320 Å². The van der Waals surface area contributed by atoms with Crippen molar-refractivity contribution >= 4 is 23.9 Å². The number of aliphatic carboxylic acids is 1. The zero-order chi connectivity index (χ0) is 40.4. The van der Waals surface area contributed by atoms with Crippen LogP contribution in [-0.4, -0.2) is 59.3 Å². The summed E-state index contributed by atoms with van der Waals surface area (Å²) in [5.74, 6) is -5.12. The van der Waals surface area contributed by atoms with E-state index >= 15 is 0 Å². The lowest BCUT2D eigenvalue weighted by atomic mass is 10.1. The third-order valence-corrected chi connectivity index (χ3v) is 7.81. The van der Waals surface area contributed by atoms with E-state index in [2.05, 4.69) is 72.5 Å². The van der Waals surface area contributed by atoms with E-state index in [0.29, 0.717) is 0 Å². The van der Waals surface area contributed by atoms with Crippen molar-refractivity contribution in [3.05, 3.63) is 37.4 Å². The molecule has 0 aromatic carbocycles. The molecule has 0 N–H and O–H groups in total. The maximum atomic E-state index is 10.0. The maximum Gasteiger partial charge on any atom is 0.417 e. The summed E-state index contributed by atoms with van der Waals surface area (Å²) in [5.41, 5.74) is 0. The average molecular weight is 750 g/mol. The zero-order valence-corrected chi connectivity index (χ0v) is 34.0. The molecule has 0 amide bonds.